The van der Waals surface area contributed by atoms with E-state index in [1.165, 1.54) is 18.2 Å². The Labute approximate surface area is 100 Å². The summed E-state index contributed by atoms with van der Waals surface area (Å²) < 4.78 is 5.03. The van der Waals surface area contributed by atoms with E-state index < -0.39 is 11.9 Å². The first kappa shape index (κ1) is 13.2. The number of rotatable bonds is 6. The summed E-state index contributed by atoms with van der Waals surface area (Å²) in [6.07, 6.45) is 2.91. The average molecular weight is 236 g/mol. The van der Waals surface area contributed by atoms with Gasteiger partial charge in [-0.1, -0.05) is 25.8 Å². The van der Waals surface area contributed by atoms with E-state index in [-0.39, 0.29) is 11.1 Å². The summed E-state index contributed by atoms with van der Waals surface area (Å²) >= 11 is 0. The zero-order valence-corrected chi connectivity index (χ0v) is 9.81. The Balaban J connectivity index is 2.56. The highest BCUT2D eigenvalue weighted by molar-refractivity contribution is 5.94. The highest BCUT2D eigenvalue weighted by Crippen LogP contribution is 2.07. The lowest BCUT2D eigenvalue weighted by molar-refractivity contribution is 0.0498. The van der Waals surface area contributed by atoms with Crippen LogP contribution in [0, 0.1) is 0 Å². The highest BCUT2D eigenvalue weighted by atomic mass is 16.5. The van der Waals surface area contributed by atoms with Gasteiger partial charge in [-0.15, -0.1) is 0 Å². The summed E-state index contributed by atoms with van der Waals surface area (Å²) in [5.74, 6) is -1.52. The highest BCUT2D eigenvalue weighted by Gasteiger charge is 2.10. The molecule has 17 heavy (non-hydrogen) atoms. The minimum absolute atomic E-state index is 0.0907. The van der Waals surface area contributed by atoms with Crippen LogP contribution in [-0.2, 0) is 4.74 Å². The smallest absolute Gasteiger partial charge is 0.338 e. The molecule has 0 amide bonds. The summed E-state index contributed by atoms with van der Waals surface area (Å²) in [7, 11) is 0. The van der Waals surface area contributed by atoms with Gasteiger partial charge in [0.2, 0.25) is 0 Å². The third kappa shape index (κ3) is 4.26. The second-order valence-electron chi connectivity index (χ2n) is 3.73. The SMILES string of the molecule is CCCCCOC(=O)c1cccc(C(=O)O)c1. The Hall–Kier alpha value is -1.84. The molecule has 0 heterocycles. The minimum atomic E-state index is -1.05. The maximum atomic E-state index is 11.6. The molecule has 1 aromatic rings. The van der Waals surface area contributed by atoms with Crippen molar-refractivity contribution in [1.29, 1.82) is 0 Å². The third-order valence-corrected chi connectivity index (χ3v) is 2.33. The van der Waals surface area contributed by atoms with Gasteiger partial charge in [0.05, 0.1) is 17.7 Å². The molecule has 0 spiro atoms. The lowest BCUT2D eigenvalue weighted by Gasteiger charge is -2.04. The number of hydrogen-bond donors (Lipinski definition) is 1. The van der Waals surface area contributed by atoms with E-state index in [1.54, 1.807) is 6.07 Å². The monoisotopic (exact) mass is 236 g/mol. The van der Waals surface area contributed by atoms with Gasteiger partial charge in [-0.3, -0.25) is 0 Å². The molecule has 0 saturated heterocycles. The van der Waals surface area contributed by atoms with Gasteiger partial charge < -0.3 is 9.84 Å². The Bertz CT molecular complexity index is 398. The van der Waals surface area contributed by atoms with Crippen molar-refractivity contribution in [3.63, 3.8) is 0 Å². The fourth-order valence-electron chi connectivity index (χ4n) is 1.38. The van der Waals surface area contributed by atoms with E-state index in [2.05, 4.69) is 6.92 Å². The van der Waals surface area contributed by atoms with Gasteiger partial charge >= 0.3 is 11.9 Å². The maximum absolute atomic E-state index is 11.6. The third-order valence-electron chi connectivity index (χ3n) is 2.33. The molecule has 0 unspecified atom stereocenters. The van der Waals surface area contributed by atoms with E-state index >= 15 is 0 Å². The van der Waals surface area contributed by atoms with Crippen LogP contribution in [0.1, 0.15) is 46.9 Å². The Morgan fingerprint density at radius 2 is 1.94 bits per heavy atom. The molecule has 1 aromatic carbocycles. The molecule has 0 bridgehead atoms. The Morgan fingerprint density at radius 3 is 2.59 bits per heavy atom. The molecule has 1 rings (SSSR count). The fraction of sp³-hybridized carbons (Fsp3) is 0.385. The first-order valence-electron chi connectivity index (χ1n) is 5.65. The molecule has 92 valence electrons. The minimum Gasteiger partial charge on any atom is -0.478 e. The molecule has 1 N–H and O–H groups in total. The standard InChI is InChI=1S/C13H16O4/c1-2-3-4-8-17-13(16)11-7-5-6-10(9-11)12(14)15/h5-7,9H,2-4,8H2,1H3,(H,14,15). The predicted molar refractivity (Wildman–Crippen MR) is 63.2 cm³/mol. The number of carboxylic acids is 1. The van der Waals surface area contributed by atoms with E-state index in [1.807, 2.05) is 0 Å². The van der Waals surface area contributed by atoms with Crippen molar-refractivity contribution < 1.29 is 19.4 Å². The normalized spacial score (nSPS) is 9.94. The van der Waals surface area contributed by atoms with E-state index in [9.17, 15) is 9.59 Å². The Kier molecular flexibility index (Phi) is 5.20. The lowest BCUT2D eigenvalue weighted by Crippen LogP contribution is -2.08. The molecule has 0 saturated carbocycles. The van der Waals surface area contributed by atoms with Crippen LogP contribution >= 0.6 is 0 Å². The summed E-state index contributed by atoms with van der Waals surface area (Å²) in [6, 6.07) is 5.85. The maximum Gasteiger partial charge on any atom is 0.338 e. The molecule has 0 aromatic heterocycles. The molecule has 4 heteroatoms. The van der Waals surface area contributed by atoms with Gasteiger partial charge in [-0.2, -0.15) is 0 Å². The molecule has 4 nitrogen and oxygen atoms in total. The van der Waals surface area contributed by atoms with Crippen LogP contribution in [-0.4, -0.2) is 23.7 Å². The number of hydrogen-bond acceptors (Lipinski definition) is 3. The van der Waals surface area contributed by atoms with Crippen molar-refractivity contribution in [1.82, 2.24) is 0 Å². The predicted octanol–water partition coefficient (Wildman–Crippen LogP) is 2.73. The zero-order valence-electron chi connectivity index (χ0n) is 9.81. The van der Waals surface area contributed by atoms with Gasteiger partial charge in [0.25, 0.3) is 0 Å². The molecule has 0 radical (unpaired) electrons. The van der Waals surface area contributed by atoms with Gasteiger partial charge in [-0.05, 0) is 24.6 Å². The molecule has 0 atom stereocenters. The van der Waals surface area contributed by atoms with Crippen LogP contribution in [0.3, 0.4) is 0 Å². The van der Waals surface area contributed by atoms with Gasteiger partial charge in [0.15, 0.2) is 0 Å². The second kappa shape index (κ2) is 6.68. The number of benzene rings is 1. The van der Waals surface area contributed by atoms with Crippen LogP contribution in [0.25, 0.3) is 0 Å². The topological polar surface area (TPSA) is 63.6 Å². The van der Waals surface area contributed by atoms with Crippen molar-refractivity contribution >= 4 is 11.9 Å². The van der Waals surface area contributed by atoms with Crippen molar-refractivity contribution in [2.24, 2.45) is 0 Å². The van der Waals surface area contributed by atoms with Crippen molar-refractivity contribution in [2.45, 2.75) is 26.2 Å². The molecule has 0 aliphatic rings. The zero-order chi connectivity index (χ0) is 12.7. The van der Waals surface area contributed by atoms with Crippen LogP contribution < -0.4 is 0 Å². The molecular weight excluding hydrogens is 220 g/mol. The van der Waals surface area contributed by atoms with Crippen LogP contribution in [0.15, 0.2) is 24.3 Å². The summed E-state index contributed by atoms with van der Waals surface area (Å²) in [5.41, 5.74) is 0.370. The molecule has 0 fully saturated rings. The number of carboxylic acid groups (broad SMARTS) is 1. The number of esters is 1. The molecule has 0 aliphatic heterocycles. The average Bonchev–Trinajstić information content (AvgIpc) is 2.34. The van der Waals surface area contributed by atoms with Crippen molar-refractivity contribution in [3.05, 3.63) is 35.4 Å². The number of ether oxygens (including phenoxy) is 1. The first-order valence-corrected chi connectivity index (χ1v) is 5.65. The van der Waals surface area contributed by atoms with Gasteiger partial charge in [0.1, 0.15) is 0 Å². The molecular formula is C13H16O4. The quantitative estimate of drug-likeness (QED) is 0.609. The van der Waals surface area contributed by atoms with Crippen LogP contribution in [0.5, 0.6) is 0 Å². The van der Waals surface area contributed by atoms with Gasteiger partial charge in [-0.25, -0.2) is 9.59 Å². The second-order valence-corrected chi connectivity index (χ2v) is 3.73. The van der Waals surface area contributed by atoms with Crippen molar-refractivity contribution in [2.75, 3.05) is 6.61 Å². The largest absolute Gasteiger partial charge is 0.478 e. The van der Waals surface area contributed by atoms with Crippen LogP contribution in [0.4, 0.5) is 0 Å². The summed E-state index contributed by atoms with van der Waals surface area (Å²) in [5, 5.41) is 8.78. The summed E-state index contributed by atoms with van der Waals surface area (Å²) in [4.78, 5) is 22.3. The number of carbonyl (C=O) groups is 2. The van der Waals surface area contributed by atoms with E-state index in [4.69, 9.17) is 9.84 Å². The molecule has 0 aliphatic carbocycles. The summed E-state index contributed by atoms with van der Waals surface area (Å²) in [6.45, 7) is 2.45. The first-order chi connectivity index (χ1) is 8.15. The van der Waals surface area contributed by atoms with Crippen LogP contribution in [0.2, 0.25) is 0 Å². The number of unbranched alkanes of at least 4 members (excludes halogenated alkanes) is 2. The number of carbonyl (C=O) groups excluding carboxylic acids is 1. The number of aromatic carboxylic acids is 1. The van der Waals surface area contributed by atoms with E-state index in [0.29, 0.717) is 6.61 Å². The van der Waals surface area contributed by atoms with E-state index in [0.717, 1.165) is 19.3 Å². The van der Waals surface area contributed by atoms with Crippen molar-refractivity contribution in [3.8, 4) is 0 Å². The Morgan fingerprint density at radius 1 is 1.24 bits per heavy atom. The lowest BCUT2D eigenvalue weighted by atomic mass is 10.1. The fourth-order valence-corrected chi connectivity index (χ4v) is 1.38. The van der Waals surface area contributed by atoms with Gasteiger partial charge in [0, 0.05) is 0 Å².